The highest BCUT2D eigenvalue weighted by atomic mass is 35.5. The average molecular weight is 540 g/mol. The van der Waals surface area contributed by atoms with Gasteiger partial charge in [-0.05, 0) is 47.7 Å². The molecule has 0 radical (unpaired) electrons. The number of methoxy groups -OCH3 is 1. The molecule has 4 aromatic carbocycles. The van der Waals surface area contributed by atoms with E-state index in [4.69, 9.17) is 16.3 Å². The van der Waals surface area contributed by atoms with E-state index in [1.165, 1.54) is 13.2 Å². The molecule has 0 atom stereocenters. The number of hydrogen-bond acceptors (Lipinski definition) is 7. The molecule has 3 N–H and O–H groups in total. The molecule has 11 heteroatoms. The number of aryl methyl sites for hydroxylation is 1. The number of phenolic OH excluding ortho intramolecular Hbond substituents is 1. The van der Waals surface area contributed by atoms with Crippen LogP contribution in [0.15, 0.2) is 81.9 Å². The number of benzene rings is 4. The maximum Gasteiger partial charge on any atom is 0.294 e. The molecule has 0 heterocycles. The van der Waals surface area contributed by atoms with Crippen LogP contribution in [0.2, 0.25) is 5.02 Å². The fourth-order valence-corrected chi connectivity index (χ4v) is 4.69. The number of hydrogen-bond donors (Lipinski definition) is 3. The van der Waals surface area contributed by atoms with Crippen molar-refractivity contribution in [2.45, 2.75) is 18.2 Å². The number of rotatable bonds is 7. The van der Waals surface area contributed by atoms with Crippen molar-refractivity contribution >= 4 is 55.5 Å². The topological polar surface area (TPSA) is 138 Å². The van der Waals surface area contributed by atoms with E-state index in [9.17, 15) is 22.9 Å². The Morgan fingerprint density at radius 3 is 2.41 bits per heavy atom. The Kier molecular flexibility index (Phi) is 7.44. The molecule has 0 spiro atoms. The molecule has 0 aliphatic rings. The first kappa shape index (κ1) is 26.1. The number of carbonyl (C=O) groups is 1. The van der Waals surface area contributed by atoms with E-state index in [1.54, 1.807) is 61.5 Å². The number of amides is 1. The van der Waals surface area contributed by atoms with Crippen molar-refractivity contribution in [1.29, 1.82) is 0 Å². The van der Waals surface area contributed by atoms with Crippen LogP contribution in [-0.4, -0.2) is 31.1 Å². The van der Waals surface area contributed by atoms with Gasteiger partial charge in [-0.25, -0.2) is 0 Å². The van der Waals surface area contributed by atoms with Gasteiger partial charge in [-0.3, -0.25) is 9.35 Å². The summed E-state index contributed by atoms with van der Waals surface area (Å²) in [6.45, 7) is 1.76. The minimum absolute atomic E-state index is 0.0280. The third-order valence-corrected chi connectivity index (χ3v) is 6.76. The second-order valence-electron chi connectivity index (χ2n) is 7.94. The molecule has 9 nitrogen and oxygen atoms in total. The third-order valence-electron chi connectivity index (χ3n) is 5.64. The summed E-state index contributed by atoms with van der Waals surface area (Å²) >= 11 is 6.28. The zero-order valence-corrected chi connectivity index (χ0v) is 21.3. The number of phenols is 1. The van der Waals surface area contributed by atoms with Gasteiger partial charge < -0.3 is 15.2 Å². The number of ether oxygens (including phenoxy) is 1. The van der Waals surface area contributed by atoms with E-state index in [2.05, 4.69) is 15.5 Å². The molecule has 4 aromatic rings. The zero-order chi connectivity index (χ0) is 26.7. The fraction of sp³-hybridized carbons (Fsp3) is 0.115. The normalized spacial score (nSPS) is 11.7. The van der Waals surface area contributed by atoms with Crippen LogP contribution >= 0.6 is 11.6 Å². The summed E-state index contributed by atoms with van der Waals surface area (Å²) < 4.78 is 37.8. The van der Waals surface area contributed by atoms with E-state index in [-0.39, 0.29) is 26.9 Å². The highest BCUT2D eigenvalue weighted by Gasteiger charge is 2.20. The maximum absolute atomic E-state index is 13.2. The zero-order valence-electron chi connectivity index (χ0n) is 19.8. The minimum Gasteiger partial charge on any atom is -0.505 e. The number of fused-ring (bicyclic) bond motifs is 1. The van der Waals surface area contributed by atoms with Crippen LogP contribution in [0, 0.1) is 0 Å². The third kappa shape index (κ3) is 5.41. The minimum atomic E-state index is -4.47. The molecule has 0 fully saturated rings. The van der Waals surface area contributed by atoms with Crippen LogP contribution in [0.1, 0.15) is 22.8 Å². The Morgan fingerprint density at radius 1 is 1.03 bits per heavy atom. The molecule has 190 valence electrons. The van der Waals surface area contributed by atoms with Crippen LogP contribution in [0.3, 0.4) is 0 Å². The average Bonchev–Trinajstić information content (AvgIpc) is 2.87. The van der Waals surface area contributed by atoms with E-state index >= 15 is 0 Å². The van der Waals surface area contributed by atoms with Gasteiger partial charge in [-0.2, -0.15) is 8.42 Å². The van der Waals surface area contributed by atoms with Gasteiger partial charge in [0.2, 0.25) is 0 Å². The largest absolute Gasteiger partial charge is 0.505 e. The van der Waals surface area contributed by atoms with Crippen LogP contribution in [0.4, 0.5) is 17.1 Å². The lowest BCUT2D eigenvalue weighted by Crippen LogP contribution is -2.13. The highest BCUT2D eigenvalue weighted by molar-refractivity contribution is 7.85. The van der Waals surface area contributed by atoms with E-state index in [0.29, 0.717) is 34.2 Å². The Balaban J connectivity index is 1.82. The fourth-order valence-electron chi connectivity index (χ4n) is 3.79. The Labute approximate surface area is 218 Å². The van der Waals surface area contributed by atoms with Crippen LogP contribution < -0.4 is 10.1 Å². The SMILES string of the molecule is CCc1cc(S(=O)(=O)O)cc(Cl)c1N=Nc1c(O)c(C(=O)Nc2ccccc2OC)cc2ccccc12. The standard InChI is InChI=1S/C26H22ClN3O6S/c1-3-15-12-17(37(33,34)35)14-20(27)23(15)29-30-24-18-9-5-4-8-16(18)13-19(25(24)31)26(32)28-21-10-6-7-11-22(21)36-2/h4-14,31H,3H2,1-2H3,(H,28,32)(H,33,34,35). The summed E-state index contributed by atoms with van der Waals surface area (Å²) in [7, 11) is -2.99. The lowest BCUT2D eigenvalue weighted by molar-refractivity contribution is 0.102. The molecule has 0 bridgehead atoms. The summed E-state index contributed by atoms with van der Waals surface area (Å²) in [6, 6.07) is 17.7. The predicted molar refractivity (Wildman–Crippen MR) is 141 cm³/mol. The second kappa shape index (κ2) is 10.6. The van der Waals surface area contributed by atoms with Crippen LogP contribution in [0.5, 0.6) is 11.5 Å². The number of azo groups is 1. The van der Waals surface area contributed by atoms with Crippen molar-refractivity contribution in [3.63, 3.8) is 0 Å². The molecule has 1 amide bonds. The van der Waals surface area contributed by atoms with E-state index in [0.717, 1.165) is 6.07 Å². The molecule has 4 rings (SSSR count). The molecular formula is C26H22ClN3O6S. The van der Waals surface area contributed by atoms with Crippen molar-refractivity contribution in [2.75, 3.05) is 12.4 Å². The van der Waals surface area contributed by atoms with Gasteiger partial charge in [0.05, 0.1) is 28.3 Å². The van der Waals surface area contributed by atoms with E-state index < -0.39 is 21.8 Å². The summed E-state index contributed by atoms with van der Waals surface area (Å²) in [4.78, 5) is 12.8. The molecular weight excluding hydrogens is 518 g/mol. The van der Waals surface area contributed by atoms with Gasteiger partial charge in [0, 0.05) is 5.39 Å². The van der Waals surface area contributed by atoms with Crippen molar-refractivity contribution in [3.05, 3.63) is 82.9 Å². The summed E-state index contributed by atoms with van der Waals surface area (Å²) in [5, 5.41) is 23.4. The van der Waals surface area contributed by atoms with Crippen molar-refractivity contribution in [2.24, 2.45) is 10.2 Å². The smallest absolute Gasteiger partial charge is 0.294 e. The number of anilines is 1. The van der Waals surface area contributed by atoms with Crippen molar-refractivity contribution in [1.82, 2.24) is 0 Å². The Hall–Kier alpha value is -3.99. The molecule has 0 aromatic heterocycles. The van der Waals surface area contributed by atoms with Gasteiger partial charge in [-0.15, -0.1) is 10.2 Å². The first-order valence-corrected chi connectivity index (χ1v) is 12.9. The number of carbonyl (C=O) groups excluding carboxylic acids is 1. The summed E-state index contributed by atoms with van der Waals surface area (Å²) in [5.41, 5.74) is 0.994. The number of nitrogens with zero attached hydrogens (tertiary/aromatic N) is 2. The van der Waals surface area contributed by atoms with Crippen LogP contribution in [0.25, 0.3) is 10.8 Å². The summed E-state index contributed by atoms with van der Waals surface area (Å²) in [5.74, 6) is -0.543. The Bertz CT molecular complexity index is 1650. The van der Waals surface area contributed by atoms with Gasteiger partial charge >= 0.3 is 0 Å². The molecule has 0 unspecified atom stereocenters. The number of aromatic hydroxyl groups is 1. The number of halogens is 1. The van der Waals surface area contributed by atoms with Gasteiger partial charge in [0.25, 0.3) is 16.0 Å². The maximum atomic E-state index is 13.2. The monoisotopic (exact) mass is 539 g/mol. The molecule has 0 saturated heterocycles. The molecule has 37 heavy (non-hydrogen) atoms. The van der Waals surface area contributed by atoms with Crippen molar-refractivity contribution < 1.29 is 27.6 Å². The first-order valence-electron chi connectivity index (χ1n) is 11.0. The quantitative estimate of drug-likeness (QED) is 0.177. The van der Waals surface area contributed by atoms with Crippen LogP contribution in [-0.2, 0) is 16.5 Å². The van der Waals surface area contributed by atoms with Gasteiger partial charge in [0.15, 0.2) is 5.75 Å². The predicted octanol–water partition coefficient (Wildman–Crippen LogP) is 6.68. The van der Waals surface area contributed by atoms with Gasteiger partial charge in [0.1, 0.15) is 17.1 Å². The highest BCUT2D eigenvalue weighted by Crippen LogP contribution is 2.41. The number of para-hydroxylation sites is 2. The second-order valence-corrected chi connectivity index (χ2v) is 9.77. The van der Waals surface area contributed by atoms with Crippen molar-refractivity contribution in [3.8, 4) is 11.5 Å². The molecule has 0 aliphatic heterocycles. The molecule has 0 saturated carbocycles. The van der Waals surface area contributed by atoms with Gasteiger partial charge in [-0.1, -0.05) is 54.9 Å². The molecule has 0 aliphatic carbocycles. The first-order chi connectivity index (χ1) is 17.6. The van der Waals surface area contributed by atoms with E-state index in [1.807, 2.05) is 0 Å². The number of nitrogens with one attached hydrogen (secondary N) is 1. The lowest BCUT2D eigenvalue weighted by Gasteiger charge is -2.13. The Morgan fingerprint density at radius 2 is 1.70 bits per heavy atom. The lowest BCUT2D eigenvalue weighted by atomic mass is 10.0. The summed E-state index contributed by atoms with van der Waals surface area (Å²) in [6.07, 6.45) is 0.339.